The van der Waals surface area contributed by atoms with Crippen molar-refractivity contribution in [3.05, 3.63) is 29.6 Å². The standard InChI is InChI=1S/C13H14F2N2O/c14-9-4-5-10-13(12(9)15)17-11(16-10)6-3-8-2-1-7-18-8/h4-5,8H,1-3,6-7H2,(H,16,17). The minimum atomic E-state index is -0.882. The predicted octanol–water partition coefficient (Wildman–Crippen LogP) is 2.95. The summed E-state index contributed by atoms with van der Waals surface area (Å²) in [7, 11) is 0. The third-order valence-electron chi connectivity index (χ3n) is 3.32. The molecule has 5 heteroatoms. The van der Waals surface area contributed by atoms with E-state index in [2.05, 4.69) is 9.97 Å². The Labute approximate surface area is 103 Å². The highest BCUT2D eigenvalue weighted by atomic mass is 19.2. The number of nitrogens with zero attached hydrogens (tertiary/aromatic N) is 1. The maximum atomic E-state index is 13.5. The summed E-state index contributed by atoms with van der Waals surface area (Å²) in [5.41, 5.74) is 0.619. The first-order valence-corrected chi connectivity index (χ1v) is 6.18. The van der Waals surface area contributed by atoms with E-state index in [1.807, 2.05) is 0 Å². The fourth-order valence-electron chi connectivity index (χ4n) is 2.36. The van der Waals surface area contributed by atoms with Gasteiger partial charge in [-0.2, -0.15) is 0 Å². The minimum Gasteiger partial charge on any atom is -0.378 e. The van der Waals surface area contributed by atoms with Crippen molar-refractivity contribution in [2.45, 2.75) is 31.8 Å². The summed E-state index contributed by atoms with van der Waals surface area (Å²) in [4.78, 5) is 7.12. The molecular weight excluding hydrogens is 238 g/mol. The van der Waals surface area contributed by atoms with E-state index in [4.69, 9.17) is 4.74 Å². The summed E-state index contributed by atoms with van der Waals surface area (Å²) in [6.45, 7) is 0.824. The molecule has 1 aromatic heterocycles. The van der Waals surface area contributed by atoms with Gasteiger partial charge < -0.3 is 9.72 Å². The quantitative estimate of drug-likeness (QED) is 0.912. The second-order valence-electron chi connectivity index (χ2n) is 4.61. The van der Waals surface area contributed by atoms with Crippen LogP contribution >= 0.6 is 0 Å². The molecule has 1 aliphatic heterocycles. The van der Waals surface area contributed by atoms with E-state index in [-0.39, 0.29) is 11.6 Å². The summed E-state index contributed by atoms with van der Waals surface area (Å²) in [5.74, 6) is -1.06. The number of halogens is 2. The van der Waals surface area contributed by atoms with Gasteiger partial charge in [0, 0.05) is 13.0 Å². The average Bonchev–Trinajstić information content (AvgIpc) is 3.00. The van der Waals surface area contributed by atoms with Crippen molar-refractivity contribution in [3.8, 4) is 0 Å². The molecule has 2 aromatic rings. The van der Waals surface area contributed by atoms with Gasteiger partial charge in [-0.05, 0) is 31.4 Å². The molecule has 3 nitrogen and oxygen atoms in total. The maximum absolute atomic E-state index is 13.5. The zero-order valence-electron chi connectivity index (χ0n) is 9.88. The molecule has 0 amide bonds. The predicted molar refractivity (Wildman–Crippen MR) is 63.3 cm³/mol. The summed E-state index contributed by atoms with van der Waals surface area (Å²) in [6, 6.07) is 2.62. The van der Waals surface area contributed by atoms with E-state index >= 15 is 0 Å². The Morgan fingerprint density at radius 2 is 2.28 bits per heavy atom. The first-order chi connectivity index (χ1) is 8.74. The lowest BCUT2D eigenvalue weighted by atomic mass is 10.1. The molecule has 1 unspecified atom stereocenters. The lowest BCUT2D eigenvalue weighted by molar-refractivity contribution is 0.104. The van der Waals surface area contributed by atoms with Crippen LogP contribution in [0.15, 0.2) is 12.1 Å². The third kappa shape index (κ3) is 2.10. The van der Waals surface area contributed by atoms with E-state index in [1.54, 1.807) is 0 Å². The number of hydrogen-bond donors (Lipinski definition) is 1. The highest BCUT2D eigenvalue weighted by Crippen LogP contribution is 2.21. The average molecular weight is 252 g/mol. The molecule has 0 aliphatic carbocycles. The monoisotopic (exact) mass is 252 g/mol. The van der Waals surface area contributed by atoms with E-state index < -0.39 is 11.6 Å². The van der Waals surface area contributed by atoms with E-state index in [0.29, 0.717) is 17.8 Å². The number of H-pyrrole nitrogens is 1. The first-order valence-electron chi connectivity index (χ1n) is 6.18. The van der Waals surface area contributed by atoms with Gasteiger partial charge in [0.1, 0.15) is 11.3 Å². The molecule has 1 N–H and O–H groups in total. The number of ether oxygens (including phenoxy) is 1. The van der Waals surface area contributed by atoms with Crippen molar-refractivity contribution in [1.82, 2.24) is 9.97 Å². The summed E-state index contributed by atoms with van der Waals surface area (Å²) >= 11 is 0. The topological polar surface area (TPSA) is 37.9 Å². The Morgan fingerprint density at radius 3 is 3.06 bits per heavy atom. The van der Waals surface area contributed by atoms with Gasteiger partial charge in [0.05, 0.1) is 11.6 Å². The van der Waals surface area contributed by atoms with Gasteiger partial charge in [-0.25, -0.2) is 13.8 Å². The molecule has 18 heavy (non-hydrogen) atoms. The van der Waals surface area contributed by atoms with Crippen molar-refractivity contribution >= 4 is 11.0 Å². The van der Waals surface area contributed by atoms with Crippen LogP contribution in [0.5, 0.6) is 0 Å². The number of aromatic nitrogens is 2. The Bertz CT molecular complexity index is 561. The lowest BCUT2D eigenvalue weighted by Gasteiger charge is -2.06. The van der Waals surface area contributed by atoms with Crippen molar-refractivity contribution in [1.29, 1.82) is 0 Å². The summed E-state index contributed by atoms with van der Waals surface area (Å²) < 4.78 is 32.0. The zero-order valence-corrected chi connectivity index (χ0v) is 9.88. The van der Waals surface area contributed by atoms with Crippen LogP contribution in [0.3, 0.4) is 0 Å². The number of imidazole rings is 1. The van der Waals surface area contributed by atoms with Gasteiger partial charge in [-0.1, -0.05) is 0 Å². The molecule has 0 saturated carbocycles. The van der Waals surface area contributed by atoms with Crippen LogP contribution in [0, 0.1) is 11.6 Å². The molecule has 1 fully saturated rings. The van der Waals surface area contributed by atoms with Crippen LogP contribution in [0.2, 0.25) is 0 Å². The Hall–Kier alpha value is -1.49. The first kappa shape index (κ1) is 11.6. The second kappa shape index (κ2) is 4.65. The number of fused-ring (bicyclic) bond motifs is 1. The molecule has 2 heterocycles. The molecule has 1 saturated heterocycles. The number of hydrogen-bond acceptors (Lipinski definition) is 2. The SMILES string of the molecule is Fc1ccc2[nH]c(CCC3CCCO3)nc2c1F. The fraction of sp³-hybridized carbons (Fsp3) is 0.462. The lowest BCUT2D eigenvalue weighted by Crippen LogP contribution is -2.06. The maximum Gasteiger partial charge on any atom is 0.186 e. The number of nitrogens with one attached hydrogen (secondary N) is 1. The van der Waals surface area contributed by atoms with Gasteiger partial charge in [0.2, 0.25) is 0 Å². The van der Waals surface area contributed by atoms with E-state index in [0.717, 1.165) is 31.9 Å². The van der Waals surface area contributed by atoms with Gasteiger partial charge in [-0.3, -0.25) is 0 Å². The van der Waals surface area contributed by atoms with E-state index in [9.17, 15) is 8.78 Å². The van der Waals surface area contributed by atoms with Crippen molar-refractivity contribution in [3.63, 3.8) is 0 Å². The highest BCUT2D eigenvalue weighted by molar-refractivity contribution is 5.75. The van der Waals surface area contributed by atoms with Gasteiger partial charge in [-0.15, -0.1) is 0 Å². The number of aromatic amines is 1. The van der Waals surface area contributed by atoms with E-state index in [1.165, 1.54) is 6.07 Å². The summed E-state index contributed by atoms with van der Waals surface area (Å²) in [6.07, 6.45) is 4.01. The molecule has 0 bridgehead atoms. The molecule has 0 radical (unpaired) electrons. The molecule has 1 atom stereocenters. The molecule has 96 valence electrons. The van der Waals surface area contributed by atoms with Crippen LogP contribution in [0.1, 0.15) is 25.1 Å². The van der Waals surface area contributed by atoms with Crippen molar-refractivity contribution < 1.29 is 13.5 Å². The van der Waals surface area contributed by atoms with Gasteiger partial charge in [0.15, 0.2) is 11.6 Å². The van der Waals surface area contributed by atoms with Crippen molar-refractivity contribution in [2.75, 3.05) is 6.61 Å². The van der Waals surface area contributed by atoms with Crippen LogP contribution in [-0.4, -0.2) is 22.7 Å². The van der Waals surface area contributed by atoms with Crippen LogP contribution in [-0.2, 0) is 11.2 Å². The Morgan fingerprint density at radius 1 is 1.39 bits per heavy atom. The Kier molecular flexibility index (Phi) is 2.99. The van der Waals surface area contributed by atoms with Crippen LogP contribution < -0.4 is 0 Å². The molecule has 1 aliphatic rings. The largest absolute Gasteiger partial charge is 0.378 e. The normalized spacial score (nSPS) is 19.8. The molecule has 0 spiro atoms. The van der Waals surface area contributed by atoms with Crippen LogP contribution in [0.4, 0.5) is 8.78 Å². The van der Waals surface area contributed by atoms with Gasteiger partial charge >= 0.3 is 0 Å². The Balaban J connectivity index is 1.78. The van der Waals surface area contributed by atoms with Crippen LogP contribution in [0.25, 0.3) is 11.0 Å². The second-order valence-corrected chi connectivity index (χ2v) is 4.61. The minimum absolute atomic E-state index is 0.0809. The van der Waals surface area contributed by atoms with Crippen molar-refractivity contribution in [2.24, 2.45) is 0 Å². The number of rotatable bonds is 3. The number of benzene rings is 1. The highest BCUT2D eigenvalue weighted by Gasteiger charge is 2.17. The number of aryl methyl sites for hydroxylation is 1. The third-order valence-corrected chi connectivity index (χ3v) is 3.32. The summed E-state index contributed by atoms with van der Waals surface area (Å²) in [5, 5.41) is 0. The fourth-order valence-corrected chi connectivity index (χ4v) is 2.36. The zero-order chi connectivity index (χ0) is 12.5. The molecule has 1 aromatic carbocycles. The molecular formula is C13H14F2N2O. The van der Waals surface area contributed by atoms with Gasteiger partial charge in [0.25, 0.3) is 0 Å². The smallest absolute Gasteiger partial charge is 0.186 e. The molecule has 3 rings (SSSR count).